The van der Waals surface area contributed by atoms with Crippen LogP contribution in [0.4, 0.5) is 5.69 Å². The SMILES string of the molecule is CC[C@H](N[C@H](C)C(=O)Nc1ccccc1C#N)c1ccc(Br)cc1. The van der Waals surface area contributed by atoms with Crippen LogP contribution in [0.3, 0.4) is 0 Å². The first-order valence-electron chi connectivity index (χ1n) is 7.86. The predicted molar refractivity (Wildman–Crippen MR) is 99.6 cm³/mol. The minimum atomic E-state index is -0.384. The van der Waals surface area contributed by atoms with Gasteiger partial charge in [0.05, 0.1) is 17.3 Å². The second kappa shape index (κ2) is 8.62. The molecule has 0 aliphatic rings. The van der Waals surface area contributed by atoms with E-state index in [-0.39, 0.29) is 18.0 Å². The van der Waals surface area contributed by atoms with Gasteiger partial charge in [0.2, 0.25) is 5.91 Å². The van der Waals surface area contributed by atoms with Gasteiger partial charge >= 0.3 is 0 Å². The Morgan fingerprint density at radius 3 is 2.50 bits per heavy atom. The largest absolute Gasteiger partial charge is 0.324 e. The molecular weight excluding hydrogens is 366 g/mol. The molecule has 1 amide bonds. The first kappa shape index (κ1) is 18.2. The number of carbonyl (C=O) groups excluding carboxylic acids is 1. The van der Waals surface area contributed by atoms with Crippen molar-refractivity contribution in [3.8, 4) is 6.07 Å². The van der Waals surface area contributed by atoms with E-state index in [4.69, 9.17) is 5.26 Å². The van der Waals surface area contributed by atoms with E-state index in [2.05, 4.69) is 39.6 Å². The Bertz CT molecular complexity index is 737. The maximum absolute atomic E-state index is 12.4. The van der Waals surface area contributed by atoms with Crippen molar-refractivity contribution in [1.82, 2.24) is 5.32 Å². The quantitative estimate of drug-likeness (QED) is 0.774. The highest BCUT2D eigenvalue weighted by atomic mass is 79.9. The van der Waals surface area contributed by atoms with Gasteiger partial charge in [-0.25, -0.2) is 0 Å². The lowest BCUT2D eigenvalue weighted by molar-refractivity contribution is -0.118. The van der Waals surface area contributed by atoms with E-state index in [9.17, 15) is 4.79 Å². The third-order valence-corrected chi connectivity index (χ3v) is 4.36. The number of hydrogen-bond acceptors (Lipinski definition) is 3. The van der Waals surface area contributed by atoms with Gasteiger partial charge in [-0.1, -0.05) is 47.1 Å². The molecule has 0 saturated heterocycles. The Morgan fingerprint density at radius 1 is 1.21 bits per heavy atom. The number of para-hydroxylation sites is 1. The molecule has 0 unspecified atom stereocenters. The third-order valence-electron chi connectivity index (χ3n) is 3.83. The minimum absolute atomic E-state index is 0.0880. The standard InChI is InChI=1S/C19H20BrN3O/c1-3-17(14-8-10-16(20)11-9-14)22-13(2)19(24)23-18-7-5-4-6-15(18)12-21/h4-11,13,17,22H,3H2,1-2H3,(H,23,24)/t13-,17+/m1/s1. The van der Waals surface area contributed by atoms with Crippen LogP contribution in [-0.2, 0) is 4.79 Å². The van der Waals surface area contributed by atoms with Gasteiger partial charge in [-0.05, 0) is 43.2 Å². The molecule has 0 heterocycles. The van der Waals surface area contributed by atoms with Crippen molar-refractivity contribution in [2.75, 3.05) is 5.32 Å². The van der Waals surface area contributed by atoms with Crippen LogP contribution in [0.5, 0.6) is 0 Å². The molecule has 0 bridgehead atoms. The normalized spacial score (nSPS) is 12.9. The molecule has 0 radical (unpaired) electrons. The maximum atomic E-state index is 12.4. The Morgan fingerprint density at radius 2 is 1.88 bits per heavy atom. The topological polar surface area (TPSA) is 64.9 Å². The summed E-state index contributed by atoms with van der Waals surface area (Å²) < 4.78 is 1.03. The van der Waals surface area contributed by atoms with Gasteiger partial charge in [-0.15, -0.1) is 0 Å². The Labute approximate surface area is 151 Å². The van der Waals surface area contributed by atoms with Gasteiger partial charge in [0.1, 0.15) is 6.07 Å². The number of amides is 1. The lowest BCUT2D eigenvalue weighted by Crippen LogP contribution is -2.40. The maximum Gasteiger partial charge on any atom is 0.241 e. The average Bonchev–Trinajstić information content (AvgIpc) is 2.60. The van der Waals surface area contributed by atoms with Crippen molar-refractivity contribution in [3.63, 3.8) is 0 Å². The van der Waals surface area contributed by atoms with E-state index in [1.807, 2.05) is 31.2 Å². The summed E-state index contributed by atoms with van der Waals surface area (Å²) in [5.74, 6) is -0.159. The number of rotatable bonds is 6. The molecule has 0 spiro atoms. The molecule has 0 saturated carbocycles. The summed E-state index contributed by atoms with van der Waals surface area (Å²) in [6, 6.07) is 16.8. The van der Waals surface area contributed by atoms with Crippen molar-refractivity contribution < 1.29 is 4.79 Å². The van der Waals surface area contributed by atoms with Crippen molar-refractivity contribution in [2.24, 2.45) is 0 Å². The van der Waals surface area contributed by atoms with Crippen molar-refractivity contribution in [1.29, 1.82) is 5.26 Å². The number of anilines is 1. The molecule has 124 valence electrons. The number of halogens is 1. The number of nitrogens with one attached hydrogen (secondary N) is 2. The van der Waals surface area contributed by atoms with Gasteiger partial charge in [0.25, 0.3) is 0 Å². The van der Waals surface area contributed by atoms with Crippen molar-refractivity contribution in [3.05, 3.63) is 64.1 Å². The molecule has 2 atom stereocenters. The number of carbonyl (C=O) groups is 1. The van der Waals surface area contributed by atoms with Crippen LogP contribution < -0.4 is 10.6 Å². The second-order valence-corrected chi connectivity index (χ2v) is 6.46. The van der Waals surface area contributed by atoms with E-state index < -0.39 is 0 Å². The summed E-state index contributed by atoms with van der Waals surface area (Å²) in [5, 5.41) is 15.3. The number of nitriles is 1. The molecule has 0 aromatic heterocycles. The first-order valence-corrected chi connectivity index (χ1v) is 8.66. The lowest BCUT2D eigenvalue weighted by atomic mass is 10.0. The number of nitrogens with zero attached hydrogens (tertiary/aromatic N) is 1. The zero-order valence-corrected chi connectivity index (χ0v) is 15.3. The van der Waals surface area contributed by atoms with E-state index in [1.54, 1.807) is 24.3 Å². The minimum Gasteiger partial charge on any atom is -0.324 e. The monoisotopic (exact) mass is 385 g/mol. The first-order chi connectivity index (χ1) is 11.5. The highest BCUT2D eigenvalue weighted by Gasteiger charge is 2.19. The Balaban J connectivity index is 2.04. The zero-order chi connectivity index (χ0) is 17.5. The molecule has 4 nitrogen and oxygen atoms in total. The number of benzene rings is 2. The molecule has 0 aliphatic heterocycles. The molecule has 0 aliphatic carbocycles. The zero-order valence-electron chi connectivity index (χ0n) is 13.7. The molecule has 2 aromatic rings. The van der Waals surface area contributed by atoms with Gasteiger partial charge in [0, 0.05) is 10.5 Å². The van der Waals surface area contributed by atoms with Gasteiger partial charge in [-0.2, -0.15) is 5.26 Å². The Kier molecular flexibility index (Phi) is 6.53. The summed E-state index contributed by atoms with van der Waals surface area (Å²) >= 11 is 3.43. The van der Waals surface area contributed by atoms with Crippen LogP contribution in [0.15, 0.2) is 53.0 Å². The van der Waals surface area contributed by atoms with Crippen LogP contribution in [0, 0.1) is 11.3 Å². The van der Waals surface area contributed by atoms with Gasteiger partial charge in [0.15, 0.2) is 0 Å². The molecule has 0 fully saturated rings. The molecule has 5 heteroatoms. The average molecular weight is 386 g/mol. The molecular formula is C19H20BrN3O. The Hall–Kier alpha value is -2.16. The second-order valence-electron chi connectivity index (χ2n) is 5.55. The van der Waals surface area contributed by atoms with Crippen LogP contribution in [0.25, 0.3) is 0 Å². The third kappa shape index (κ3) is 4.67. The molecule has 24 heavy (non-hydrogen) atoms. The molecule has 2 rings (SSSR count). The van der Waals surface area contributed by atoms with E-state index >= 15 is 0 Å². The van der Waals surface area contributed by atoms with Crippen LogP contribution >= 0.6 is 15.9 Å². The van der Waals surface area contributed by atoms with Crippen LogP contribution in [0.2, 0.25) is 0 Å². The molecule has 2 N–H and O–H groups in total. The summed E-state index contributed by atoms with van der Waals surface area (Å²) in [6.07, 6.45) is 0.869. The predicted octanol–water partition coefficient (Wildman–Crippen LogP) is 4.39. The van der Waals surface area contributed by atoms with E-state index in [0.29, 0.717) is 11.3 Å². The summed E-state index contributed by atoms with van der Waals surface area (Å²) in [7, 11) is 0. The fraction of sp³-hybridized carbons (Fsp3) is 0.263. The van der Waals surface area contributed by atoms with Crippen LogP contribution in [0.1, 0.15) is 37.4 Å². The highest BCUT2D eigenvalue weighted by Crippen LogP contribution is 2.20. The smallest absolute Gasteiger partial charge is 0.241 e. The van der Waals surface area contributed by atoms with Crippen molar-refractivity contribution >= 4 is 27.5 Å². The number of hydrogen-bond donors (Lipinski definition) is 2. The van der Waals surface area contributed by atoms with E-state index in [0.717, 1.165) is 16.5 Å². The fourth-order valence-electron chi connectivity index (χ4n) is 2.45. The van der Waals surface area contributed by atoms with E-state index in [1.165, 1.54) is 0 Å². The fourth-order valence-corrected chi connectivity index (χ4v) is 2.72. The van der Waals surface area contributed by atoms with Crippen molar-refractivity contribution in [2.45, 2.75) is 32.4 Å². The highest BCUT2D eigenvalue weighted by molar-refractivity contribution is 9.10. The summed E-state index contributed by atoms with van der Waals surface area (Å²) in [6.45, 7) is 3.90. The van der Waals surface area contributed by atoms with Gasteiger partial charge < -0.3 is 5.32 Å². The van der Waals surface area contributed by atoms with Crippen LogP contribution in [-0.4, -0.2) is 11.9 Å². The summed E-state index contributed by atoms with van der Waals surface area (Å²) in [5.41, 5.74) is 2.13. The summed E-state index contributed by atoms with van der Waals surface area (Å²) in [4.78, 5) is 12.4. The van der Waals surface area contributed by atoms with Gasteiger partial charge in [-0.3, -0.25) is 10.1 Å². The lowest BCUT2D eigenvalue weighted by Gasteiger charge is -2.22. The molecule has 2 aromatic carbocycles.